The van der Waals surface area contributed by atoms with E-state index in [9.17, 15) is 9.50 Å². The Labute approximate surface area is 141 Å². The number of nitrogens with zero attached hydrogens (tertiary/aromatic N) is 2. The van der Waals surface area contributed by atoms with Crippen molar-refractivity contribution in [3.8, 4) is 0 Å². The average Bonchev–Trinajstić information content (AvgIpc) is 2.60. The van der Waals surface area contributed by atoms with Crippen molar-refractivity contribution >= 4 is 10.9 Å². The Morgan fingerprint density at radius 1 is 1.12 bits per heavy atom. The van der Waals surface area contributed by atoms with Crippen molar-refractivity contribution in [2.24, 2.45) is 0 Å². The van der Waals surface area contributed by atoms with Crippen molar-refractivity contribution in [1.29, 1.82) is 0 Å². The molecule has 0 aliphatic rings. The van der Waals surface area contributed by atoms with E-state index in [-0.39, 0.29) is 18.5 Å². The fourth-order valence-corrected chi connectivity index (χ4v) is 3.17. The maximum Gasteiger partial charge on any atom is 0.124 e. The second-order valence-electron chi connectivity index (χ2n) is 5.99. The van der Waals surface area contributed by atoms with Gasteiger partial charge in [-0.2, -0.15) is 0 Å². The fraction of sp³-hybridized carbons (Fsp3) is 0.250. The van der Waals surface area contributed by atoms with E-state index < -0.39 is 0 Å². The SMILES string of the molecule is CN(Cc1cc(F)cc2cccnc12)[C@H](CCO)c1ccccc1. The van der Waals surface area contributed by atoms with Gasteiger partial charge in [0.2, 0.25) is 0 Å². The predicted molar refractivity (Wildman–Crippen MR) is 94.1 cm³/mol. The highest BCUT2D eigenvalue weighted by Gasteiger charge is 2.18. The monoisotopic (exact) mass is 324 g/mol. The highest BCUT2D eigenvalue weighted by Crippen LogP contribution is 2.26. The van der Waals surface area contributed by atoms with Gasteiger partial charge in [-0.05, 0) is 42.8 Å². The lowest BCUT2D eigenvalue weighted by atomic mass is 10.0. The first-order chi connectivity index (χ1) is 11.7. The Hall–Kier alpha value is -2.30. The maximum absolute atomic E-state index is 13.9. The molecule has 2 aromatic carbocycles. The molecule has 0 saturated heterocycles. The standard InChI is InChI=1S/C20H21FN2O/c1-23(19(9-11-24)15-6-3-2-4-7-15)14-17-13-18(21)12-16-8-5-10-22-20(16)17/h2-8,10,12-13,19,24H,9,11,14H2,1H3/t19-/m1/s1. The number of rotatable bonds is 6. The van der Waals surface area contributed by atoms with E-state index in [0.717, 1.165) is 22.0 Å². The number of fused-ring (bicyclic) bond motifs is 1. The summed E-state index contributed by atoms with van der Waals surface area (Å²) < 4.78 is 13.9. The molecule has 0 aliphatic heterocycles. The maximum atomic E-state index is 13.9. The van der Waals surface area contributed by atoms with Gasteiger partial charge in [0.05, 0.1) is 5.52 Å². The average molecular weight is 324 g/mol. The number of aromatic nitrogens is 1. The highest BCUT2D eigenvalue weighted by molar-refractivity contribution is 5.81. The second-order valence-corrected chi connectivity index (χ2v) is 5.99. The third kappa shape index (κ3) is 3.61. The molecule has 1 atom stereocenters. The van der Waals surface area contributed by atoms with Gasteiger partial charge in [-0.3, -0.25) is 9.88 Å². The Morgan fingerprint density at radius 3 is 2.67 bits per heavy atom. The topological polar surface area (TPSA) is 36.4 Å². The van der Waals surface area contributed by atoms with Gasteiger partial charge in [-0.15, -0.1) is 0 Å². The van der Waals surface area contributed by atoms with Gasteiger partial charge in [0, 0.05) is 30.8 Å². The van der Waals surface area contributed by atoms with Crippen LogP contribution in [0.2, 0.25) is 0 Å². The van der Waals surface area contributed by atoms with Crippen LogP contribution >= 0.6 is 0 Å². The lowest BCUT2D eigenvalue weighted by Crippen LogP contribution is -2.25. The molecule has 1 aromatic heterocycles. The van der Waals surface area contributed by atoms with Crippen molar-refractivity contribution in [3.63, 3.8) is 0 Å². The number of benzene rings is 2. The molecule has 0 bridgehead atoms. The molecule has 124 valence electrons. The van der Waals surface area contributed by atoms with E-state index in [0.29, 0.717) is 13.0 Å². The molecule has 24 heavy (non-hydrogen) atoms. The molecule has 3 aromatic rings. The first-order valence-corrected chi connectivity index (χ1v) is 8.08. The first kappa shape index (κ1) is 16.6. The molecular formula is C20H21FN2O. The fourth-order valence-electron chi connectivity index (χ4n) is 3.17. The zero-order valence-electron chi connectivity index (χ0n) is 13.7. The van der Waals surface area contributed by atoms with Crippen LogP contribution in [0.1, 0.15) is 23.6 Å². The molecule has 3 rings (SSSR count). The minimum atomic E-state index is -0.252. The first-order valence-electron chi connectivity index (χ1n) is 8.08. The Kier molecular flexibility index (Phi) is 5.18. The third-order valence-electron chi connectivity index (χ3n) is 4.29. The van der Waals surface area contributed by atoms with Crippen LogP contribution in [0, 0.1) is 5.82 Å². The number of halogens is 1. The second kappa shape index (κ2) is 7.51. The van der Waals surface area contributed by atoms with Gasteiger partial charge < -0.3 is 5.11 Å². The summed E-state index contributed by atoms with van der Waals surface area (Å²) in [5.74, 6) is -0.252. The van der Waals surface area contributed by atoms with E-state index in [1.807, 2.05) is 37.4 Å². The van der Waals surface area contributed by atoms with E-state index in [1.165, 1.54) is 6.07 Å². The van der Waals surface area contributed by atoms with Gasteiger partial charge in [0.25, 0.3) is 0 Å². The quantitative estimate of drug-likeness (QED) is 0.746. The van der Waals surface area contributed by atoms with Crippen LogP contribution in [0.4, 0.5) is 4.39 Å². The summed E-state index contributed by atoms with van der Waals surface area (Å²) in [7, 11) is 1.99. The largest absolute Gasteiger partial charge is 0.396 e. The third-order valence-corrected chi connectivity index (χ3v) is 4.29. The molecule has 0 radical (unpaired) electrons. The summed E-state index contributed by atoms with van der Waals surface area (Å²) in [6.45, 7) is 0.664. The summed E-state index contributed by atoms with van der Waals surface area (Å²) in [5.41, 5.74) is 2.82. The van der Waals surface area contributed by atoms with Crippen molar-refractivity contribution in [1.82, 2.24) is 9.88 Å². The molecule has 1 N–H and O–H groups in total. The van der Waals surface area contributed by atoms with Crippen molar-refractivity contribution in [2.45, 2.75) is 19.0 Å². The minimum Gasteiger partial charge on any atom is -0.396 e. The summed E-state index contributed by atoms with van der Waals surface area (Å²) in [6.07, 6.45) is 2.35. The smallest absolute Gasteiger partial charge is 0.124 e. The van der Waals surface area contributed by atoms with Gasteiger partial charge in [-0.1, -0.05) is 36.4 Å². The zero-order chi connectivity index (χ0) is 16.9. The summed E-state index contributed by atoms with van der Waals surface area (Å²) >= 11 is 0. The van der Waals surface area contributed by atoms with Crippen LogP contribution in [0.5, 0.6) is 0 Å². The Bertz CT molecular complexity index is 807. The molecule has 0 amide bonds. The van der Waals surface area contributed by atoms with E-state index in [4.69, 9.17) is 0 Å². The van der Waals surface area contributed by atoms with Crippen LogP contribution in [-0.2, 0) is 6.54 Å². The summed E-state index contributed by atoms with van der Waals surface area (Å²) in [6, 6.07) is 16.9. The predicted octanol–water partition coefficient (Wildman–Crippen LogP) is 3.93. The molecule has 0 spiro atoms. The Morgan fingerprint density at radius 2 is 1.92 bits per heavy atom. The minimum absolute atomic E-state index is 0.0678. The van der Waals surface area contributed by atoms with Gasteiger partial charge in [0.1, 0.15) is 5.82 Å². The van der Waals surface area contributed by atoms with Gasteiger partial charge in [0.15, 0.2) is 0 Å². The normalized spacial score (nSPS) is 12.7. The zero-order valence-corrected chi connectivity index (χ0v) is 13.7. The molecule has 0 saturated carbocycles. The number of pyridine rings is 1. The molecule has 0 fully saturated rings. The molecule has 3 nitrogen and oxygen atoms in total. The number of aliphatic hydroxyl groups is 1. The molecule has 1 heterocycles. The van der Waals surface area contributed by atoms with Crippen molar-refractivity contribution < 1.29 is 9.50 Å². The summed E-state index contributed by atoms with van der Waals surface area (Å²) in [5, 5.41) is 10.2. The van der Waals surface area contributed by atoms with E-state index in [1.54, 1.807) is 12.3 Å². The molecule has 4 heteroatoms. The molecular weight excluding hydrogens is 303 g/mol. The van der Waals surface area contributed by atoms with Gasteiger partial charge in [-0.25, -0.2) is 4.39 Å². The van der Waals surface area contributed by atoms with Crippen LogP contribution in [0.15, 0.2) is 60.8 Å². The number of aliphatic hydroxyl groups excluding tert-OH is 1. The van der Waals surface area contributed by atoms with Crippen molar-refractivity contribution in [3.05, 3.63) is 77.7 Å². The van der Waals surface area contributed by atoms with E-state index in [2.05, 4.69) is 22.0 Å². The Balaban J connectivity index is 1.92. The van der Waals surface area contributed by atoms with Gasteiger partial charge >= 0.3 is 0 Å². The lowest BCUT2D eigenvalue weighted by Gasteiger charge is -2.28. The van der Waals surface area contributed by atoms with Crippen LogP contribution in [-0.4, -0.2) is 28.6 Å². The van der Waals surface area contributed by atoms with Crippen LogP contribution in [0.3, 0.4) is 0 Å². The van der Waals surface area contributed by atoms with Crippen molar-refractivity contribution in [2.75, 3.05) is 13.7 Å². The number of hydrogen-bond acceptors (Lipinski definition) is 3. The summed E-state index contributed by atoms with van der Waals surface area (Å²) in [4.78, 5) is 6.54. The highest BCUT2D eigenvalue weighted by atomic mass is 19.1. The molecule has 0 aliphatic carbocycles. The molecule has 0 unspecified atom stereocenters. The van der Waals surface area contributed by atoms with Crippen LogP contribution in [0.25, 0.3) is 10.9 Å². The lowest BCUT2D eigenvalue weighted by molar-refractivity contribution is 0.180. The number of hydrogen-bond donors (Lipinski definition) is 1. The van der Waals surface area contributed by atoms with Crippen LogP contribution < -0.4 is 0 Å². The van der Waals surface area contributed by atoms with E-state index >= 15 is 0 Å².